The van der Waals surface area contributed by atoms with Gasteiger partial charge in [0, 0.05) is 12.6 Å². The minimum atomic E-state index is -4.12. The molecule has 5 N–H and O–H groups in total. The lowest BCUT2D eigenvalue weighted by atomic mass is 10.1. The van der Waals surface area contributed by atoms with Gasteiger partial charge in [0.25, 0.3) is 10.1 Å². The molecule has 0 radical (unpaired) electrons. The summed E-state index contributed by atoms with van der Waals surface area (Å²) >= 11 is 0. The molecule has 14 heavy (non-hydrogen) atoms. The Balaban J connectivity index is 3.01. The first kappa shape index (κ1) is 11.1. The van der Waals surface area contributed by atoms with Crippen molar-refractivity contribution >= 4 is 10.1 Å². The Labute approximate surface area is 82.5 Å². The highest BCUT2D eigenvalue weighted by molar-refractivity contribution is 7.85. The highest BCUT2D eigenvalue weighted by Crippen LogP contribution is 2.13. The fourth-order valence-electron chi connectivity index (χ4n) is 1.02. The second-order valence-corrected chi connectivity index (χ2v) is 4.31. The Morgan fingerprint density at radius 1 is 1.29 bits per heavy atom. The molecule has 0 bridgehead atoms. The molecule has 0 aliphatic rings. The maximum Gasteiger partial charge on any atom is 0.294 e. The first-order valence-corrected chi connectivity index (χ1v) is 5.42. The van der Waals surface area contributed by atoms with E-state index in [1.807, 2.05) is 0 Å². The van der Waals surface area contributed by atoms with Crippen molar-refractivity contribution in [1.82, 2.24) is 0 Å². The van der Waals surface area contributed by atoms with Gasteiger partial charge in [-0.05, 0) is 17.7 Å². The molecule has 0 aromatic heterocycles. The van der Waals surface area contributed by atoms with E-state index in [0.29, 0.717) is 0 Å². The predicted octanol–water partition coefficient (Wildman–Crippen LogP) is -0.108. The lowest BCUT2D eigenvalue weighted by Crippen LogP contribution is -2.20. The van der Waals surface area contributed by atoms with Crippen LogP contribution in [0.15, 0.2) is 29.2 Å². The summed E-state index contributed by atoms with van der Waals surface area (Å²) in [7, 11) is -4.12. The van der Waals surface area contributed by atoms with Gasteiger partial charge in [-0.15, -0.1) is 0 Å². The van der Waals surface area contributed by atoms with E-state index in [2.05, 4.69) is 0 Å². The van der Waals surface area contributed by atoms with E-state index >= 15 is 0 Å². The van der Waals surface area contributed by atoms with Gasteiger partial charge in [0.05, 0.1) is 4.90 Å². The van der Waals surface area contributed by atoms with Crippen LogP contribution in [0.2, 0.25) is 0 Å². The summed E-state index contributed by atoms with van der Waals surface area (Å²) in [5, 5.41) is 0. The lowest BCUT2D eigenvalue weighted by molar-refractivity contribution is 0.483. The van der Waals surface area contributed by atoms with Gasteiger partial charge in [0.1, 0.15) is 0 Å². The standard InChI is InChI=1S/C8H12N2O3S/c9-5-8(10)6-1-3-7(4-2-6)14(11,12)13/h1-4,8H,5,9-10H2,(H,11,12,13). The summed E-state index contributed by atoms with van der Waals surface area (Å²) in [6, 6.07) is 5.33. The van der Waals surface area contributed by atoms with Crippen molar-refractivity contribution < 1.29 is 13.0 Å². The van der Waals surface area contributed by atoms with Crippen LogP contribution >= 0.6 is 0 Å². The molecular weight excluding hydrogens is 204 g/mol. The Morgan fingerprint density at radius 2 is 1.79 bits per heavy atom. The average molecular weight is 216 g/mol. The zero-order valence-corrected chi connectivity index (χ0v) is 8.24. The van der Waals surface area contributed by atoms with Crippen molar-refractivity contribution in [2.45, 2.75) is 10.9 Å². The van der Waals surface area contributed by atoms with Crippen LogP contribution < -0.4 is 11.5 Å². The largest absolute Gasteiger partial charge is 0.329 e. The maximum absolute atomic E-state index is 10.7. The van der Waals surface area contributed by atoms with Gasteiger partial charge < -0.3 is 11.5 Å². The van der Waals surface area contributed by atoms with Gasteiger partial charge >= 0.3 is 0 Å². The zero-order chi connectivity index (χ0) is 10.8. The number of hydrogen-bond acceptors (Lipinski definition) is 4. The third kappa shape index (κ3) is 2.52. The van der Waals surface area contributed by atoms with Crippen LogP contribution in [0.25, 0.3) is 0 Å². The Kier molecular flexibility index (Phi) is 3.22. The first-order valence-electron chi connectivity index (χ1n) is 3.98. The molecule has 5 nitrogen and oxygen atoms in total. The van der Waals surface area contributed by atoms with Crippen LogP contribution in [-0.2, 0) is 10.1 Å². The van der Waals surface area contributed by atoms with Crippen molar-refractivity contribution in [3.8, 4) is 0 Å². The third-order valence-corrected chi connectivity index (χ3v) is 2.73. The molecule has 0 fully saturated rings. The second-order valence-electron chi connectivity index (χ2n) is 2.89. The topological polar surface area (TPSA) is 106 Å². The average Bonchev–Trinajstić information content (AvgIpc) is 2.15. The van der Waals surface area contributed by atoms with Gasteiger partial charge in [-0.25, -0.2) is 0 Å². The Bertz CT molecular complexity index is 399. The monoisotopic (exact) mass is 216 g/mol. The van der Waals surface area contributed by atoms with E-state index in [4.69, 9.17) is 16.0 Å². The normalized spacial score (nSPS) is 13.9. The number of hydrogen-bond donors (Lipinski definition) is 3. The quantitative estimate of drug-likeness (QED) is 0.611. The van der Waals surface area contributed by atoms with Crippen molar-refractivity contribution in [2.24, 2.45) is 11.5 Å². The van der Waals surface area contributed by atoms with E-state index < -0.39 is 10.1 Å². The van der Waals surface area contributed by atoms with E-state index in [1.54, 1.807) is 0 Å². The zero-order valence-electron chi connectivity index (χ0n) is 7.42. The summed E-state index contributed by atoms with van der Waals surface area (Å²) in [4.78, 5) is -0.148. The summed E-state index contributed by atoms with van der Waals surface area (Å²) < 4.78 is 30.1. The van der Waals surface area contributed by atoms with Crippen molar-refractivity contribution in [3.63, 3.8) is 0 Å². The Hall–Kier alpha value is -0.950. The summed E-state index contributed by atoms with van der Waals surface area (Å²) in [5.74, 6) is 0. The summed E-state index contributed by atoms with van der Waals surface area (Å²) in [5.41, 5.74) is 11.7. The van der Waals surface area contributed by atoms with E-state index in [-0.39, 0.29) is 17.5 Å². The molecule has 0 aliphatic heterocycles. The van der Waals surface area contributed by atoms with Crippen LogP contribution in [0, 0.1) is 0 Å². The van der Waals surface area contributed by atoms with E-state index in [1.165, 1.54) is 24.3 Å². The molecule has 1 atom stereocenters. The fourth-order valence-corrected chi connectivity index (χ4v) is 1.50. The molecular formula is C8H12N2O3S. The molecule has 1 unspecified atom stereocenters. The number of nitrogens with two attached hydrogens (primary N) is 2. The van der Waals surface area contributed by atoms with Crippen molar-refractivity contribution in [2.75, 3.05) is 6.54 Å². The minimum Gasteiger partial charge on any atom is -0.329 e. The molecule has 0 heterocycles. The molecule has 1 aromatic rings. The van der Waals surface area contributed by atoms with Crippen LogP contribution in [0.4, 0.5) is 0 Å². The molecule has 6 heteroatoms. The SMILES string of the molecule is NCC(N)c1ccc(S(=O)(=O)O)cc1. The molecule has 0 spiro atoms. The van der Waals surface area contributed by atoms with Crippen LogP contribution in [0.1, 0.15) is 11.6 Å². The van der Waals surface area contributed by atoms with E-state index in [9.17, 15) is 8.42 Å². The van der Waals surface area contributed by atoms with Crippen LogP contribution in [0.3, 0.4) is 0 Å². The third-order valence-electron chi connectivity index (χ3n) is 1.86. The van der Waals surface area contributed by atoms with E-state index in [0.717, 1.165) is 5.56 Å². The molecule has 78 valence electrons. The second kappa shape index (κ2) is 4.05. The van der Waals surface area contributed by atoms with Gasteiger partial charge in [-0.2, -0.15) is 8.42 Å². The summed E-state index contributed by atoms with van der Waals surface area (Å²) in [6.45, 7) is 0.283. The lowest BCUT2D eigenvalue weighted by Gasteiger charge is -2.08. The van der Waals surface area contributed by atoms with Crippen LogP contribution in [0.5, 0.6) is 0 Å². The van der Waals surface area contributed by atoms with Gasteiger partial charge in [-0.1, -0.05) is 12.1 Å². The first-order chi connectivity index (χ1) is 6.45. The number of benzene rings is 1. The fraction of sp³-hybridized carbons (Fsp3) is 0.250. The smallest absolute Gasteiger partial charge is 0.294 e. The summed E-state index contributed by atoms with van der Waals surface area (Å²) in [6.07, 6.45) is 0. The highest BCUT2D eigenvalue weighted by Gasteiger charge is 2.10. The number of rotatable bonds is 3. The van der Waals surface area contributed by atoms with Gasteiger partial charge in [0.2, 0.25) is 0 Å². The molecule has 0 amide bonds. The van der Waals surface area contributed by atoms with Crippen LogP contribution in [-0.4, -0.2) is 19.5 Å². The Morgan fingerprint density at radius 3 is 2.14 bits per heavy atom. The molecule has 0 saturated carbocycles. The van der Waals surface area contributed by atoms with Gasteiger partial charge in [-0.3, -0.25) is 4.55 Å². The predicted molar refractivity (Wildman–Crippen MR) is 52.2 cm³/mol. The molecule has 0 saturated heterocycles. The maximum atomic E-state index is 10.7. The molecule has 0 aliphatic carbocycles. The minimum absolute atomic E-state index is 0.148. The van der Waals surface area contributed by atoms with Gasteiger partial charge in [0.15, 0.2) is 0 Å². The van der Waals surface area contributed by atoms with Crippen molar-refractivity contribution in [3.05, 3.63) is 29.8 Å². The molecule has 1 aromatic carbocycles. The highest BCUT2D eigenvalue weighted by atomic mass is 32.2. The molecule has 1 rings (SSSR count). The van der Waals surface area contributed by atoms with Crippen molar-refractivity contribution in [1.29, 1.82) is 0 Å².